The highest BCUT2D eigenvalue weighted by molar-refractivity contribution is 5.87. The highest BCUT2D eigenvalue weighted by atomic mass is 16.8. The summed E-state index contributed by atoms with van der Waals surface area (Å²) in [6.45, 7) is 7.12. The van der Waals surface area contributed by atoms with E-state index in [4.69, 9.17) is 14.2 Å². The van der Waals surface area contributed by atoms with Crippen molar-refractivity contribution in [3.8, 4) is 0 Å². The van der Waals surface area contributed by atoms with Gasteiger partial charge in [0.1, 0.15) is 0 Å². The van der Waals surface area contributed by atoms with Crippen LogP contribution in [0.3, 0.4) is 0 Å². The molecule has 0 N–H and O–H groups in total. The first-order chi connectivity index (χ1) is 8.50. The molecule has 1 saturated heterocycles. The highest BCUT2D eigenvalue weighted by Crippen LogP contribution is 2.34. The summed E-state index contributed by atoms with van der Waals surface area (Å²) >= 11 is 0. The van der Waals surface area contributed by atoms with Crippen molar-refractivity contribution in [2.24, 2.45) is 0 Å². The van der Waals surface area contributed by atoms with Gasteiger partial charge in [-0.3, -0.25) is 0 Å². The van der Waals surface area contributed by atoms with Crippen LogP contribution in [0.5, 0.6) is 0 Å². The third-order valence-corrected chi connectivity index (χ3v) is 3.18. The Labute approximate surface area is 108 Å². The van der Waals surface area contributed by atoms with Crippen molar-refractivity contribution in [3.05, 3.63) is 23.7 Å². The molecule has 1 heterocycles. The van der Waals surface area contributed by atoms with Crippen LogP contribution in [-0.2, 0) is 19.0 Å². The van der Waals surface area contributed by atoms with E-state index in [0.717, 1.165) is 12.8 Å². The molecule has 1 unspecified atom stereocenters. The Morgan fingerprint density at radius 2 is 2.00 bits per heavy atom. The van der Waals surface area contributed by atoms with Gasteiger partial charge in [0.15, 0.2) is 6.61 Å². The minimum Gasteiger partial charge on any atom is -0.457 e. The zero-order valence-corrected chi connectivity index (χ0v) is 11.1. The second-order valence-corrected chi connectivity index (χ2v) is 5.15. The molecule has 2 rings (SSSR count). The summed E-state index contributed by atoms with van der Waals surface area (Å²) in [6, 6.07) is 0. The topological polar surface area (TPSA) is 44.8 Å². The molecule has 0 radical (unpaired) electrons. The van der Waals surface area contributed by atoms with Crippen LogP contribution in [0, 0.1) is 0 Å². The van der Waals surface area contributed by atoms with E-state index in [1.54, 1.807) is 13.8 Å². The smallest absolute Gasteiger partial charge is 0.336 e. The molecule has 1 aliphatic heterocycles. The normalized spacial score (nSPS) is 27.4. The second kappa shape index (κ2) is 5.04. The molecule has 0 spiro atoms. The average Bonchev–Trinajstić information content (AvgIpc) is 2.72. The molecular formula is C14H20O4. The Morgan fingerprint density at radius 1 is 1.33 bits per heavy atom. The summed E-state index contributed by atoms with van der Waals surface area (Å²) in [5, 5.41) is 0. The van der Waals surface area contributed by atoms with Crippen LogP contribution in [0.4, 0.5) is 0 Å². The van der Waals surface area contributed by atoms with Crippen molar-refractivity contribution in [1.29, 1.82) is 0 Å². The van der Waals surface area contributed by atoms with Crippen LogP contribution < -0.4 is 0 Å². The summed E-state index contributed by atoms with van der Waals surface area (Å²) in [5.74, 6) is -0.904. The molecule has 2 fully saturated rings. The summed E-state index contributed by atoms with van der Waals surface area (Å²) < 4.78 is 16.5. The largest absolute Gasteiger partial charge is 0.457 e. The summed E-state index contributed by atoms with van der Waals surface area (Å²) in [5.41, 5.74) is 1.56. The minimum absolute atomic E-state index is 0.241. The van der Waals surface area contributed by atoms with Crippen LogP contribution in [0.15, 0.2) is 23.7 Å². The quantitative estimate of drug-likeness (QED) is 0.559. The summed E-state index contributed by atoms with van der Waals surface area (Å²) in [4.78, 5) is 11.5. The molecule has 0 aromatic rings. The van der Waals surface area contributed by atoms with Gasteiger partial charge < -0.3 is 14.2 Å². The third-order valence-electron chi connectivity index (χ3n) is 3.18. The first kappa shape index (κ1) is 13.0. The zero-order chi connectivity index (χ0) is 13.2. The Bertz CT molecular complexity index is 389. The van der Waals surface area contributed by atoms with Crippen molar-refractivity contribution in [2.45, 2.75) is 51.7 Å². The first-order valence-corrected chi connectivity index (χ1v) is 6.43. The zero-order valence-electron chi connectivity index (χ0n) is 11.1. The number of rotatable bonds is 2. The number of ether oxygens (including phenoxy) is 3. The maximum atomic E-state index is 11.5. The molecule has 0 amide bonds. The standard InChI is InChI=1S/C14H20O4/c1-10(2)12(15)17-14(3)9-16-13(18-14)11-7-5-4-6-8-11/h1,4-9H2,2-3H3. The van der Waals surface area contributed by atoms with Crippen molar-refractivity contribution in [1.82, 2.24) is 0 Å². The molecule has 4 heteroatoms. The molecule has 100 valence electrons. The predicted molar refractivity (Wildman–Crippen MR) is 66.5 cm³/mol. The van der Waals surface area contributed by atoms with Gasteiger partial charge in [-0.05, 0) is 32.6 Å². The van der Waals surface area contributed by atoms with Gasteiger partial charge in [0, 0.05) is 18.1 Å². The van der Waals surface area contributed by atoms with Crippen LogP contribution in [-0.4, -0.2) is 18.4 Å². The van der Waals surface area contributed by atoms with Crippen molar-refractivity contribution < 1.29 is 19.0 Å². The van der Waals surface area contributed by atoms with Gasteiger partial charge in [0.25, 0.3) is 11.7 Å². The SMILES string of the molecule is C=C(C)C(=O)OC1(C)COC(=C2CCCCC2)O1. The molecule has 1 saturated carbocycles. The van der Waals surface area contributed by atoms with Gasteiger partial charge in [0.2, 0.25) is 0 Å². The molecule has 4 nitrogen and oxygen atoms in total. The van der Waals surface area contributed by atoms with Crippen molar-refractivity contribution in [2.75, 3.05) is 6.61 Å². The number of carbonyl (C=O) groups excluding carboxylic acids is 1. The highest BCUT2D eigenvalue weighted by Gasteiger charge is 2.40. The fraction of sp³-hybridized carbons (Fsp3) is 0.643. The molecule has 0 aromatic carbocycles. The number of carbonyl (C=O) groups is 1. The van der Waals surface area contributed by atoms with E-state index >= 15 is 0 Å². The lowest BCUT2D eigenvalue weighted by atomic mass is 9.96. The van der Waals surface area contributed by atoms with Crippen LogP contribution in [0.25, 0.3) is 0 Å². The molecular weight excluding hydrogens is 232 g/mol. The Morgan fingerprint density at radius 3 is 2.61 bits per heavy atom. The lowest BCUT2D eigenvalue weighted by Crippen LogP contribution is -2.33. The molecule has 0 bridgehead atoms. The van der Waals surface area contributed by atoms with Gasteiger partial charge in [-0.1, -0.05) is 13.0 Å². The maximum Gasteiger partial charge on any atom is 0.336 e. The predicted octanol–water partition coefficient (Wildman–Crippen LogP) is 3.04. The summed E-state index contributed by atoms with van der Waals surface area (Å²) in [6.07, 6.45) is 5.64. The lowest BCUT2D eigenvalue weighted by Gasteiger charge is -2.21. The third kappa shape index (κ3) is 2.86. The fourth-order valence-corrected chi connectivity index (χ4v) is 2.14. The van der Waals surface area contributed by atoms with E-state index in [-0.39, 0.29) is 6.61 Å². The maximum absolute atomic E-state index is 11.5. The second-order valence-electron chi connectivity index (χ2n) is 5.15. The van der Waals surface area contributed by atoms with Gasteiger partial charge >= 0.3 is 5.97 Å². The van der Waals surface area contributed by atoms with Crippen LogP contribution in [0.2, 0.25) is 0 Å². The van der Waals surface area contributed by atoms with Crippen LogP contribution in [0.1, 0.15) is 46.0 Å². The Kier molecular flexibility index (Phi) is 3.64. The van der Waals surface area contributed by atoms with E-state index in [1.165, 1.54) is 24.8 Å². The molecule has 0 aromatic heterocycles. The number of esters is 1. The van der Waals surface area contributed by atoms with E-state index in [9.17, 15) is 4.79 Å². The van der Waals surface area contributed by atoms with Crippen LogP contribution >= 0.6 is 0 Å². The molecule has 18 heavy (non-hydrogen) atoms. The van der Waals surface area contributed by atoms with Crippen molar-refractivity contribution >= 4 is 5.97 Å². The van der Waals surface area contributed by atoms with Gasteiger partial charge in [-0.25, -0.2) is 4.79 Å². The van der Waals surface area contributed by atoms with E-state index in [1.807, 2.05) is 0 Å². The van der Waals surface area contributed by atoms with E-state index < -0.39 is 11.8 Å². The average molecular weight is 252 g/mol. The van der Waals surface area contributed by atoms with Gasteiger partial charge in [-0.2, -0.15) is 0 Å². The monoisotopic (exact) mass is 252 g/mol. The molecule has 1 atom stereocenters. The number of hydrogen-bond acceptors (Lipinski definition) is 4. The fourth-order valence-electron chi connectivity index (χ4n) is 2.14. The molecule has 2 aliphatic rings. The van der Waals surface area contributed by atoms with Gasteiger partial charge in [0.05, 0.1) is 0 Å². The minimum atomic E-state index is -1.02. The van der Waals surface area contributed by atoms with E-state index in [2.05, 4.69) is 6.58 Å². The Hall–Kier alpha value is -1.45. The summed E-state index contributed by atoms with van der Waals surface area (Å²) in [7, 11) is 0. The van der Waals surface area contributed by atoms with E-state index in [0.29, 0.717) is 11.5 Å². The van der Waals surface area contributed by atoms with Gasteiger partial charge in [-0.15, -0.1) is 0 Å². The molecule has 1 aliphatic carbocycles. The number of hydrogen-bond donors (Lipinski definition) is 0. The first-order valence-electron chi connectivity index (χ1n) is 6.43. The lowest BCUT2D eigenvalue weighted by molar-refractivity contribution is -0.189. The number of allylic oxidation sites excluding steroid dienone is 1. The van der Waals surface area contributed by atoms with Crippen molar-refractivity contribution in [3.63, 3.8) is 0 Å². The Balaban J connectivity index is 2.02.